The van der Waals surface area contributed by atoms with Crippen LogP contribution in [0.3, 0.4) is 0 Å². The van der Waals surface area contributed by atoms with Gasteiger partial charge in [0, 0.05) is 7.05 Å². The minimum Gasteiger partial charge on any atom is -0.415 e. The number of ether oxygens (including phenoxy) is 1. The summed E-state index contributed by atoms with van der Waals surface area (Å²) in [5.74, 6) is -0.239. The highest BCUT2D eigenvalue weighted by Crippen LogP contribution is 2.31. The van der Waals surface area contributed by atoms with Crippen molar-refractivity contribution in [2.24, 2.45) is 7.05 Å². The first kappa shape index (κ1) is 9.54. The Morgan fingerprint density at radius 3 is 2.42 bits per heavy atom. The second kappa shape index (κ2) is 3.45. The van der Waals surface area contributed by atoms with Crippen LogP contribution in [0, 0.1) is 0 Å². The summed E-state index contributed by atoms with van der Waals surface area (Å²) in [4.78, 5) is 0. The molecule has 12 heavy (non-hydrogen) atoms. The lowest BCUT2D eigenvalue weighted by molar-refractivity contribution is -0.0552. The van der Waals surface area contributed by atoms with Crippen LogP contribution in [0.4, 0.5) is 8.78 Å². The van der Waals surface area contributed by atoms with Gasteiger partial charge in [-0.25, -0.2) is 4.68 Å². The fourth-order valence-electron chi connectivity index (χ4n) is 0.664. The summed E-state index contributed by atoms with van der Waals surface area (Å²) < 4.78 is 28.5. The minimum atomic E-state index is -2.94. The quantitative estimate of drug-likeness (QED) is 0.759. The lowest BCUT2D eigenvalue weighted by Crippen LogP contribution is -2.06. The van der Waals surface area contributed by atoms with E-state index in [0.29, 0.717) is 0 Å². The van der Waals surface area contributed by atoms with E-state index in [9.17, 15) is 8.78 Å². The average Bonchev–Trinajstić information content (AvgIpc) is 2.16. The number of aromatic nitrogens is 2. The third kappa shape index (κ3) is 1.78. The van der Waals surface area contributed by atoms with E-state index in [1.165, 1.54) is 7.05 Å². The molecule has 3 nitrogen and oxygen atoms in total. The van der Waals surface area contributed by atoms with Gasteiger partial charge >= 0.3 is 6.61 Å². The second-order valence-corrected chi connectivity index (χ2v) is 2.65. The molecule has 0 radical (unpaired) electrons. The van der Waals surface area contributed by atoms with Crippen LogP contribution in [0.5, 0.6) is 5.88 Å². The first-order chi connectivity index (χ1) is 5.52. The normalized spacial score (nSPS) is 10.8. The van der Waals surface area contributed by atoms with Crippen molar-refractivity contribution < 1.29 is 13.5 Å². The standard InChI is InChI=1S/C5H4Cl2F2N2O/c1-11-4(12-5(8)9)2(6)3(7)10-11/h5H,1H3. The molecule has 1 heterocycles. The number of aryl methyl sites for hydroxylation is 1. The molecule has 0 atom stereocenters. The molecule has 1 aromatic rings. The second-order valence-electron chi connectivity index (χ2n) is 1.91. The Kier molecular flexibility index (Phi) is 2.74. The molecule has 0 N–H and O–H groups in total. The van der Waals surface area contributed by atoms with Crippen molar-refractivity contribution in [3.8, 4) is 5.88 Å². The number of rotatable bonds is 2. The number of alkyl halides is 2. The van der Waals surface area contributed by atoms with Crippen molar-refractivity contribution in [3.63, 3.8) is 0 Å². The Labute approximate surface area is 76.8 Å². The average molecular weight is 217 g/mol. The van der Waals surface area contributed by atoms with Crippen LogP contribution < -0.4 is 4.74 Å². The zero-order valence-corrected chi connectivity index (χ0v) is 7.40. The van der Waals surface area contributed by atoms with E-state index < -0.39 is 6.61 Å². The van der Waals surface area contributed by atoms with Crippen LogP contribution >= 0.6 is 23.2 Å². The van der Waals surface area contributed by atoms with E-state index in [1.807, 2.05) is 0 Å². The third-order valence-corrected chi connectivity index (χ3v) is 1.80. The summed E-state index contributed by atoms with van der Waals surface area (Å²) in [6, 6.07) is 0. The van der Waals surface area contributed by atoms with Gasteiger partial charge in [0.1, 0.15) is 5.02 Å². The number of hydrogen-bond donors (Lipinski definition) is 0. The molecule has 0 aromatic carbocycles. The van der Waals surface area contributed by atoms with Gasteiger partial charge in [-0.05, 0) is 0 Å². The molecule has 0 saturated carbocycles. The first-order valence-electron chi connectivity index (χ1n) is 2.85. The summed E-state index contributed by atoms with van der Waals surface area (Å²) >= 11 is 10.9. The van der Waals surface area contributed by atoms with Gasteiger partial charge in [0.05, 0.1) is 0 Å². The predicted molar refractivity (Wildman–Crippen MR) is 39.9 cm³/mol. The van der Waals surface area contributed by atoms with E-state index in [4.69, 9.17) is 23.2 Å². The van der Waals surface area contributed by atoms with E-state index in [0.717, 1.165) is 4.68 Å². The molecule has 0 bridgehead atoms. The molecule has 0 aliphatic rings. The molecule has 0 fully saturated rings. The topological polar surface area (TPSA) is 27.1 Å². The van der Waals surface area contributed by atoms with Gasteiger partial charge in [0.2, 0.25) is 5.88 Å². The predicted octanol–water partition coefficient (Wildman–Crippen LogP) is 2.33. The van der Waals surface area contributed by atoms with Gasteiger partial charge in [-0.1, -0.05) is 23.2 Å². The summed E-state index contributed by atoms with van der Waals surface area (Å²) in [6.45, 7) is -2.94. The summed E-state index contributed by atoms with van der Waals surface area (Å²) in [7, 11) is 1.40. The molecule has 68 valence electrons. The molecule has 1 rings (SSSR count). The first-order valence-corrected chi connectivity index (χ1v) is 3.60. The molecule has 1 aromatic heterocycles. The van der Waals surface area contributed by atoms with Crippen LogP contribution in [-0.2, 0) is 7.05 Å². The van der Waals surface area contributed by atoms with Crippen molar-refractivity contribution in [2.75, 3.05) is 0 Å². The van der Waals surface area contributed by atoms with Crippen molar-refractivity contribution in [1.82, 2.24) is 9.78 Å². The Balaban J connectivity index is 2.97. The third-order valence-electron chi connectivity index (χ3n) is 1.10. The molecule has 0 amide bonds. The Morgan fingerprint density at radius 1 is 1.50 bits per heavy atom. The maximum Gasteiger partial charge on any atom is 0.388 e. The van der Waals surface area contributed by atoms with Crippen LogP contribution in [0.15, 0.2) is 0 Å². The van der Waals surface area contributed by atoms with Gasteiger partial charge in [0.25, 0.3) is 0 Å². The van der Waals surface area contributed by atoms with Gasteiger partial charge in [-0.2, -0.15) is 13.9 Å². The maximum absolute atomic E-state index is 11.7. The van der Waals surface area contributed by atoms with Gasteiger partial charge < -0.3 is 4.74 Å². The largest absolute Gasteiger partial charge is 0.415 e. The highest BCUT2D eigenvalue weighted by molar-refractivity contribution is 6.42. The van der Waals surface area contributed by atoms with E-state index in [1.54, 1.807) is 0 Å². The summed E-state index contributed by atoms with van der Waals surface area (Å²) in [5, 5.41) is 3.38. The van der Waals surface area contributed by atoms with Crippen LogP contribution in [0.2, 0.25) is 10.2 Å². The lowest BCUT2D eigenvalue weighted by atomic mass is 10.7. The van der Waals surface area contributed by atoms with Crippen LogP contribution in [0.1, 0.15) is 0 Å². The molecule has 7 heteroatoms. The van der Waals surface area contributed by atoms with Crippen molar-refractivity contribution in [2.45, 2.75) is 6.61 Å². The van der Waals surface area contributed by atoms with Gasteiger partial charge in [-0.15, -0.1) is 0 Å². The Morgan fingerprint density at radius 2 is 2.08 bits per heavy atom. The molecule has 0 saturated heterocycles. The maximum atomic E-state index is 11.7. The Bertz CT molecular complexity index is 289. The highest BCUT2D eigenvalue weighted by Gasteiger charge is 2.17. The molecule has 0 aliphatic carbocycles. The molecule has 0 aliphatic heterocycles. The molecular formula is C5H4Cl2F2N2O. The highest BCUT2D eigenvalue weighted by atomic mass is 35.5. The summed E-state index contributed by atoms with van der Waals surface area (Å²) in [6.07, 6.45) is 0. The van der Waals surface area contributed by atoms with Crippen molar-refractivity contribution in [1.29, 1.82) is 0 Å². The molecular weight excluding hydrogens is 213 g/mol. The monoisotopic (exact) mass is 216 g/mol. The van der Waals surface area contributed by atoms with Crippen LogP contribution in [0.25, 0.3) is 0 Å². The summed E-state index contributed by atoms with van der Waals surface area (Å²) in [5.41, 5.74) is 0. The molecule has 0 spiro atoms. The van der Waals surface area contributed by atoms with Crippen molar-refractivity contribution >= 4 is 23.2 Å². The Hall–Kier alpha value is -0.550. The number of hydrogen-bond acceptors (Lipinski definition) is 2. The van der Waals surface area contributed by atoms with E-state index in [-0.39, 0.29) is 16.1 Å². The van der Waals surface area contributed by atoms with Crippen LogP contribution in [-0.4, -0.2) is 16.4 Å². The van der Waals surface area contributed by atoms with Gasteiger partial charge in [0.15, 0.2) is 5.15 Å². The minimum absolute atomic E-state index is 0.0604. The lowest BCUT2D eigenvalue weighted by Gasteiger charge is -2.03. The number of nitrogens with zero attached hydrogens (tertiary/aromatic N) is 2. The zero-order valence-electron chi connectivity index (χ0n) is 5.89. The smallest absolute Gasteiger partial charge is 0.388 e. The SMILES string of the molecule is Cn1nc(Cl)c(Cl)c1OC(F)F. The zero-order chi connectivity index (χ0) is 9.30. The fraction of sp³-hybridized carbons (Fsp3) is 0.400. The van der Waals surface area contributed by atoms with E-state index in [2.05, 4.69) is 9.84 Å². The molecule has 0 unspecified atom stereocenters. The number of halogens is 4. The fourth-order valence-corrected chi connectivity index (χ4v) is 1.06. The van der Waals surface area contributed by atoms with Crippen molar-refractivity contribution in [3.05, 3.63) is 10.2 Å². The van der Waals surface area contributed by atoms with Gasteiger partial charge in [-0.3, -0.25) is 0 Å². The van der Waals surface area contributed by atoms with E-state index >= 15 is 0 Å².